The van der Waals surface area contributed by atoms with Crippen molar-refractivity contribution in [2.24, 2.45) is 5.92 Å². The van der Waals surface area contributed by atoms with E-state index in [2.05, 4.69) is 40.6 Å². The zero-order valence-electron chi connectivity index (χ0n) is 13.6. The van der Waals surface area contributed by atoms with Crippen molar-refractivity contribution in [2.75, 3.05) is 25.0 Å². The number of amides is 1. The number of rotatable bonds is 3. The van der Waals surface area contributed by atoms with E-state index in [1.807, 2.05) is 24.2 Å². The number of aromatic nitrogens is 3. The highest BCUT2D eigenvalue weighted by Gasteiger charge is 2.36. The number of carbonyl (C=O) groups is 1. The first-order valence-corrected chi connectivity index (χ1v) is 7.66. The Morgan fingerprint density at radius 3 is 2.86 bits per heavy atom. The zero-order chi connectivity index (χ0) is 15.9. The molecule has 0 saturated carbocycles. The Balaban J connectivity index is 1.74. The molecule has 0 bridgehead atoms. The number of likely N-dealkylation sites (tertiary alicyclic amines) is 1. The molecule has 2 aromatic heterocycles. The third kappa shape index (κ3) is 2.65. The number of nitrogens with zero attached hydrogens (tertiary/aromatic N) is 4. The predicted molar refractivity (Wildman–Crippen MR) is 86.7 cm³/mol. The van der Waals surface area contributed by atoms with Crippen LogP contribution < -0.4 is 4.90 Å². The fraction of sp³-hybridized carbons (Fsp3) is 0.562. The molecule has 0 spiro atoms. The standard InChI is InChI=1S/C16H23N5O/c1-16(2,3)21-9-11(7-13(21)22)8-20(4)15-12-5-6-17-14(12)18-10-19-15/h5-6,10-11H,7-9H2,1-4H3,(H,17,18,19)/t11-/m1/s1. The van der Waals surface area contributed by atoms with Gasteiger partial charge in [-0.2, -0.15) is 0 Å². The van der Waals surface area contributed by atoms with Gasteiger partial charge in [0.05, 0.1) is 5.39 Å². The second kappa shape index (κ2) is 5.26. The van der Waals surface area contributed by atoms with Crippen molar-refractivity contribution in [3.05, 3.63) is 18.6 Å². The molecule has 0 aromatic carbocycles. The Labute approximate surface area is 130 Å². The monoisotopic (exact) mass is 301 g/mol. The van der Waals surface area contributed by atoms with Gasteiger partial charge in [0.2, 0.25) is 5.91 Å². The number of carbonyl (C=O) groups excluding carboxylic acids is 1. The van der Waals surface area contributed by atoms with Gasteiger partial charge < -0.3 is 14.8 Å². The first-order chi connectivity index (χ1) is 10.4. The van der Waals surface area contributed by atoms with Crippen molar-refractivity contribution >= 4 is 22.8 Å². The molecule has 1 saturated heterocycles. The summed E-state index contributed by atoms with van der Waals surface area (Å²) in [4.78, 5) is 28.0. The van der Waals surface area contributed by atoms with E-state index < -0.39 is 0 Å². The van der Waals surface area contributed by atoms with Crippen LogP contribution in [-0.2, 0) is 4.79 Å². The van der Waals surface area contributed by atoms with Gasteiger partial charge in [-0.1, -0.05) is 0 Å². The molecule has 6 heteroatoms. The minimum atomic E-state index is -0.104. The van der Waals surface area contributed by atoms with Gasteiger partial charge in [0.15, 0.2) is 0 Å². The molecule has 0 unspecified atom stereocenters. The number of hydrogen-bond donors (Lipinski definition) is 1. The molecule has 0 radical (unpaired) electrons. The summed E-state index contributed by atoms with van der Waals surface area (Å²) < 4.78 is 0. The maximum Gasteiger partial charge on any atom is 0.223 e. The van der Waals surface area contributed by atoms with Gasteiger partial charge in [-0.05, 0) is 26.8 Å². The van der Waals surface area contributed by atoms with E-state index in [4.69, 9.17) is 0 Å². The number of aromatic amines is 1. The average Bonchev–Trinajstić information content (AvgIpc) is 3.03. The molecule has 1 N–H and O–H groups in total. The SMILES string of the molecule is CN(C[C@H]1CC(=O)N(C(C)(C)C)C1)c1ncnc2[nH]ccc12. The Hall–Kier alpha value is -2.11. The molecule has 22 heavy (non-hydrogen) atoms. The fourth-order valence-electron chi connectivity index (χ4n) is 3.19. The second-order valence-electron chi connectivity index (χ2n) is 7.06. The van der Waals surface area contributed by atoms with Crippen LogP contribution in [0.5, 0.6) is 0 Å². The summed E-state index contributed by atoms with van der Waals surface area (Å²) >= 11 is 0. The van der Waals surface area contributed by atoms with Crippen molar-refractivity contribution in [3.8, 4) is 0 Å². The number of nitrogens with one attached hydrogen (secondary N) is 1. The first kappa shape index (κ1) is 14.8. The van der Waals surface area contributed by atoms with Crippen LogP contribution in [0.25, 0.3) is 11.0 Å². The van der Waals surface area contributed by atoms with Crippen molar-refractivity contribution in [3.63, 3.8) is 0 Å². The van der Waals surface area contributed by atoms with Gasteiger partial charge in [0.1, 0.15) is 17.8 Å². The molecule has 3 heterocycles. The lowest BCUT2D eigenvalue weighted by Crippen LogP contribution is -2.42. The Bertz CT molecular complexity index is 687. The highest BCUT2D eigenvalue weighted by Crippen LogP contribution is 2.28. The third-order valence-electron chi connectivity index (χ3n) is 4.24. The number of anilines is 1. The maximum atomic E-state index is 12.2. The number of H-pyrrole nitrogens is 1. The molecule has 2 aromatic rings. The van der Waals surface area contributed by atoms with Crippen molar-refractivity contribution < 1.29 is 4.79 Å². The van der Waals surface area contributed by atoms with Crippen LogP contribution in [0.4, 0.5) is 5.82 Å². The van der Waals surface area contributed by atoms with E-state index in [-0.39, 0.29) is 11.4 Å². The second-order valence-corrected chi connectivity index (χ2v) is 7.06. The van der Waals surface area contributed by atoms with E-state index >= 15 is 0 Å². The lowest BCUT2D eigenvalue weighted by molar-refractivity contribution is -0.131. The Kier molecular flexibility index (Phi) is 3.54. The first-order valence-electron chi connectivity index (χ1n) is 7.66. The van der Waals surface area contributed by atoms with Crippen molar-refractivity contribution in [1.29, 1.82) is 0 Å². The lowest BCUT2D eigenvalue weighted by Gasteiger charge is -2.32. The Morgan fingerprint density at radius 2 is 2.18 bits per heavy atom. The quantitative estimate of drug-likeness (QED) is 0.942. The predicted octanol–water partition coefficient (Wildman–Crippen LogP) is 2.04. The van der Waals surface area contributed by atoms with Crippen LogP contribution >= 0.6 is 0 Å². The van der Waals surface area contributed by atoms with E-state index in [0.717, 1.165) is 29.9 Å². The summed E-state index contributed by atoms with van der Waals surface area (Å²) in [5, 5.41) is 1.02. The van der Waals surface area contributed by atoms with E-state index in [9.17, 15) is 4.79 Å². The minimum absolute atomic E-state index is 0.104. The average molecular weight is 301 g/mol. The molecule has 1 aliphatic rings. The molecule has 3 rings (SSSR count). The molecule has 1 aliphatic heterocycles. The van der Waals surface area contributed by atoms with Crippen molar-refractivity contribution in [1.82, 2.24) is 19.9 Å². The molecule has 1 atom stereocenters. The number of hydrogen-bond acceptors (Lipinski definition) is 4. The van der Waals surface area contributed by atoms with E-state index in [1.165, 1.54) is 0 Å². The van der Waals surface area contributed by atoms with E-state index in [0.29, 0.717) is 12.3 Å². The molecular weight excluding hydrogens is 278 g/mol. The van der Waals surface area contributed by atoms with Crippen LogP contribution in [0.2, 0.25) is 0 Å². The van der Waals surface area contributed by atoms with Crippen LogP contribution in [0, 0.1) is 5.92 Å². The Morgan fingerprint density at radius 1 is 1.41 bits per heavy atom. The molecular formula is C16H23N5O. The lowest BCUT2D eigenvalue weighted by atomic mass is 10.1. The normalized spacial score (nSPS) is 19.2. The van der Waals surface area contributed by atoms with E-state index in [1.54, 1.807) is 6.33 Å². The van der Waals surface area contributed by atoms with Gasteiger partial charge >= 0.3 is 0 Å². The summed E-state index contributed by atoms with van der Waals surface area (Å²) in [7, 11) is 2.03. The smallest absolute Gasteiger partial charge is 0.223 e. The van der Waals surface area contributed by atoms with Gasteiger partial charge in [0, 0.05) is 44.2 Å². The van der Waals surface area contributed by atoms with Crippen molar-refractivity contribution in [2.45, 2.75) is 32.7 Å². The van der Waals surface area contributed by atoms with Gasteiger partial charge in [0.25, 0.3) is 0 Å². The number of fused-ring (bicyclic) bond motifs is 1. The summed E-state index contributed by atoms with van der Waals surface area (Å²) in [5.41, 5.74) is 0.739. The van der Waals surface area contributed by atoms with Gasteiger partial charge in [-0.25, -0.2) is 9.97 Å². The van der Waals surface area contributed by atoms with Crippen LogP contribution in [0.3, 0.4) is 0 Å². The fourth-order valence-corrected chi connectivity index (χ4v) is 3.19. The van der Waals surface area contributed by atoms with Crippen LogP contribution in [-0.4, -0.2) is 51.4 Å². The maximum absolute atomic E-state index is 12.2. The molecule has 6 nitrogen and oxygen atoms in total. The zero-order valence-corrected chi connectivity index (χ0v) is 13.6. The summed E-state index contributed by atoms with van der Waals surface area (Å²) in [6.45, 7) is 7.89. The molecule has 1 amide bonds. The van der Waals surface area contributed by atoms with Crippen LogP contribution in [0.15, 0.2) is 18.6 Å². The summed E-state index contributed by atoms with van der Waals surface area (Å²) in [6.07, 6.45) is 4.06. The summed E-state index contributed by atoms with van der Waals surface area (Å²) in [5.74, 6) is 1.49. The van der Waals surface area contributed by atoms with Crippen LogP contribution in [0.1, 0.15) is 27.2 Å². The van der Waals surface area contributed by atoms with Gasteiger partial charge in [-0.3, -0.25) is 4.79 Å². The molecule has 0 aliphatic carbocycles. The summed E-state index contributed by atoms with van der Waals surface area (Å²) in [6, 6.07) is 1.99. The molecule has 118 valence electrons. The highest BCUT2D eigenvalue weighted by molar-refractivity contribution is 5.87. The largest absolute Gasteiger partial charge is 0.359 e. The highest BCUT2D eigenvalue weighted by atomic mass is 16.2. The molecule has 1 fully saturated rings. The van der Waals surface area contributed by atoms with Gasteiger partial charge in [-0.15, -0.1) is 0 Å². The topological polar surface area (TPSA) is 65.1 Å². The minimum Gasteiger partial charge on any atom is -0.359 e. The third-order valence-corrected chi connectivity index (χ3v) is 4.24.